The van der Waals surface area contributed by atoms with Crippen molar-refractivity contribution in [1.82, 2.24) is 5.32 Å². The standard InChI is InChI=1S/C16H29NO6S/c1-21-12-22-11-14(23-24(2,19)20)8-10-16-9-4-3-5-13(16)6-7-15(18)17-16/h13-14H,3-12H2,1-2H3,(H,17,18)/t13-,14+,16-/m0/s1. The Morgan fingerprint density at radius 1 is 1.33 bits per heavy atom. The highest BCUT2D eigenvalue weighted by Crippen LogP contribution is 2.42. The van der Waals surface area contributed by atoms with Crippen LogP contribution < -0.4 is 5.32 Å². The molecule has 1 amide bonds. The number of carbonyl (C=O) groups excluding carboxylic acids is 1. The zero-order valence-electron chi connectivity index (χ0n) is 14.6. The highest BCUT2D eigenvalue weighted by molar-refractivity contribution is 7.86. The molecule has 8 heteroatoms. The van der Waals surface area contributed by atoms with Crippen molar-refractivity contribution in [2.45, 2.75) is 63.0 Å². The van der Waals surface area contributed by atoms with Gasteiger partial charge in [0.25, 0.3) is 10.1 Å². The molecule has 140 valence electrons. The highest BCUT2D eigenvalue weighted by Gasteiger charge is 2.44. The van der Waals surface area contributed by atoms with Crippen molar-refractivity contribution in [3.63, 3.8) is 0 Å². The normalized spacial score (nSPS) is 28.9. The van der Waals surface area contributed by atoms with E-state index in [1.807, 2.05) is 0 Å². The third kappa shape index (κ3) is 5.68. The van der Waals surface area contributed by atoms with E-state index < -0.39 is 16.2 Å². The Morgan fingerprint density at radius 2 is 2.12 bits per heavy atom. The quantitative estimate of drug-likeness (QED) is 0.380. The summed E-state index contributed by atoms with van der Waals surface area (Å²) in [7, 11) is -2.05. The molecule has 2 aliphatic rings. The molecular formula is C16H29NO6S. The first kappa shape index (κ1) is 19.6. The molecule has 1 heterocycles. The minimum Gasteiger partial charge on any atom is -0.359 e. The predicted octanol–water partition coefficient (Wildman–Crippen LogP) is 1.57. The molecule has 24 heavy (non-hydrogen) atoms. The molecule has 0 aromatic heterocycles. The Kier molecular flexibility index (Phi) is 7.03. The number of fused-ring (bicyclic) bond motifs is 1. The number of amides is 1. The zero-order valence-corrected chi connectivity index (χ0v) is 15.4. The van der Waals surface area contributed by atoms with Crippen molar-refractivity contribution in [3.05, 3.63) is 0 Å². The molecule has 2 fully saturated rings. The fourth-order valence-electron chi connectivity index (χ4n) is 4.02. The summed E-state index contributed by atoms with van der Waals surface area (Å²) in [6.45, 7) is 0.240. The Morgan fingerprint density at radius 3 is 2.83 bits per heavy atom. The molecule has 0 aromatic rings. The van der Waals surface area contributed by atoms with Crippen molar-refractivity contribution in [1.29, 1.82) is 0 Å². The summed E-state index contributed by atoms with van der Waals surface area (Å²) in [6.07, 6.45) is 7.58. The van der Waals surface area contributed by atoms with Crippen LogP contribution >= 0.6 is 0 Å². The van der Waals surface area contributed by atoms with Gasteiger partial charge in [-0.15, -0.1) is 0 Å². The molecular weight excluding hydrogens is 334 g/mol. The van der Waals surface area contributed by atoms with Crippen LogP contribution in [0.1, 0.15) is 51.4 Å². The van der Waals surface area contributed by atoms with Gasteiger partial charge in [0.2, 0.25) is 5.91 Å². The van der Waals surface area contributed by atoms with Gasteiger partial charge in [-0.05, 0) is 38.0 Å². The average Bonchev–Trinajstić information content (AvgIpc) is 2.51. The first-order valence-electron chi connectivity index (χ1n) is 8.60. The van der Waals surface area contributed by atoms with E-state index in [1.54, 1.807) is 0 Å². The number of hydrogen-bond acceptors (Lipinski definition) is 6. The Hall–Kier alpha value is -0.700. The second-order valence-corrected chi connectivity index (χ2v) is 8.52. The van der Waals surface area contributed by atoms with Crippen LogP contribution in [-0.4, -0.2) is 52.7 Å². The van der Waals surface area contributed by atoms with Crippen LogP contribution in [0.5, 0.6) is 0 Å². The van der Waals surface area contributed by atoms with Gasteiger partial charge in [-0.3, -0.25) is 8.98 Å². The zero-order chi connectivity index (χ0) is 17.6. The van der Waals surface area contributed by atoms with Gasteiger partial charge < -0.3 is 14.8 Å². The lowest BCUT2D eigenvalue weighted by molar-refractivity contribution is -0.128. The summed E-state index contributed by atoms with van der Waals surface area (Å²) >= 11 is 0. The van der Waals surface area contributed by atoms with Crippen LogP contribution in [0.25, 0.3) is 0 Å². The molecule has 0 aromatic carbocycles. The summed E-state index contributed by atoms with van der Waals surface area (Å²) in [4.78, 5) is 11.9. The molecule has 2 rings (SSSR count). The maximum Gasteiger partial charge on any atom is 0.264 e. The molecule has 1 saturated carbocycles. The van der Waals surface area contributed by atoms with Gasteiger partial charge in [-0.25, -0.2) is 0 Å². The van der Waals surface area contributed by atoms with E-state index >= 15 is 0 Å². The number of carbonyl (C=O) groups is 1. The molecule has 0 spiro atoms. The molecule has 1 saturated heterocycles. The van der Waals surface area contributed by atoms with E-state index in [0.29, 0.717) is 25.2 Å². The van der Waals surface area contributed by atoms with Gasteiger partial charge in [0.1, 0.15) is 12.9 Å². The second-order valence-electron chi connectivity index (χ2n) is 6.92. The number of ether oxygens (including phenoxy) is 2. The van der Waals surface area contributed by atoms with Gasteiger partial charge in [-0.1, -0.05) is 12.8 Å². The molecule has 0 unspecified atom stereocenters. The third-order valence-electron chi connectivity index (χ3n) is 5.04. The minimum absolute atomic E-state index is 0.0914. The van der Waals surface area contributed by atoms with Crippen LogP contribution in [0.3, 0.4) is 0 Å². The summed E-state index contributed by atoms with van der Waals surface area (Å²) in [5.41, 5.74) is -0.214. The van der Waals surface area contributed by atoms with E-state index in [-0.39, 0.29) is 24.8 Å². The van der Waals surface area contributed by atoms with E-state index in [0.717, 1.165) is 31.9 Å². The topological polar surface area (TPSA) is 90.9 Å². The molecule has 1 aliphatic carbocycles. The van der Waals surface area contributed by atoms with Crippen LogP contribution in [0.2, 0.25) is 0 Å². The van der Waals surface area contributed by atoms with Gasteiger partial charge in [0.15, 0.2) is 0 Å². The molecule has 3 atom stereocenters. The average molecular weight is 363 g/mol. The van der Waals surface area contributed by atoms with E-state index in [9.17, 15) is 13.2 Å². The SMILES string of the molecule is COCOC[C@@H](CC[C@@]12CCCC[C@H]1CCC(=O)N2)OS(C)(=O)=O. The number of nitrogens with one attached hydrogen (secondary N) is 1. The molecule has 0 bridgehead atoms. The van der Waals surface area contributed by atoms with Gasteiger partial charge in [0, 0.05) is 19.1 Å². The van der Waals surface area contributed by atoms with Crippen molar-refractivity contribution in [2.75, 3.05) is 26.8 Å². The number of piperidine rings is 1. The lowest BCUT2D eigenvalue weighted by Crippen LogP contribution is -2.58. The maximum atomic E-state index is 11.9. The van der Waals surface area contributed by atoms with Crippen LogP contribution in [0.15, 0.2) is 0 Å². The van der Waals surface area contributed by atoms with E-state index in [1.165, 1.54) is 13.5 Å². The molecule has 7 nitrogen and oxygen atoms in total. The third-order valence-corrected chi connectivity index (χ3v) is 5.67. The van der Waals surface area contributed by atoms with Gasteiger partial charge in [0.05, 0.1) is 12.9 Å². The van der Waals surface area contributed by atoms with E-state index in [4.69, 9.17) is 13.7 Å². The molecule has 1 N–H and O–H groups in total. The van der Waals surface area contributed by atoms with Gasteiger partial charge in [-0.2, -0.15) is 8.42 Å². The minimum atomic E-state index is -3.56. The van der Waals surface area contributed by atoms with Crippen LogP contribution in [0, 0.1) is 5.92 Å². The van der Waals surface area contributed by atoms with Crippen molar-refractivity contribution < 1.29 is 26.9 Å². The predicted molar refractivity (Wildman–Crippen MR) is 88.8 cm³/mol. The first-order valence-corrected chi connectivity index (χ1v) is 10.4. The largest absolute Gasteiger partial charge is 0.359 e. The Labute approximate surface area is 144 Å². The number of methoxy groups -OCH3 is 1. The fraction of sp³-hybridized carbons (Fsp3) is 0.938. The summed E-state index contributed by atoms with van der Waals surface area (Å²) in [5.74, 6) is 0.576. The summed E-state index contributed by atoms with van der Waals surface area (Å²) in [5, 5.41) is 3.21. The summed E-state index contributed by atoms with van der Waals surface area (Å²) in [6, 6.07) is 0. The monoisotopic (exact) mass is 363 g/mol. The summed E-state index contributed by atoms with van der Waals surface area (Å²) < 4.78 is 38.2. The molecule has 0 radical (unpaired) electrons. The van der Waals surface area contributed by atoms with Crippen LogP contribution in [-0.2, 0) is 28.6 Å². The van der Waals surface area contributed by atoms with Gasteiger partial charge >= 0.3 is 0 Å². The smallest absolute Gasteiger partial charge is 0.264 e. The van der Waals surface area contributed by atoms with Crippen molar-refractivity contribution in [2.24, 2.45) is 5.92 Å². The number of hydrogen-bond donors (Lipinski definition) is 1. The first-order chi connectivity index (χ1) is 11.3. The second kappa shape index (κ2) is 8.60. The Balaban J connectivity index is 2.00. The molecule has 1 aliphatic heterocycles. The van der Waals surface area contributed by atoms with Crippen molar-refractivity contribution >= 4 is 16.0 Å². The lowest BCUT2D eigenvalue weighted by atomic mass is 9.66. The maximum absolute atomic E-state index is 11.9. The number of rotatable bonds is 9. The highest BCUT2D eigenvalue weighted by atomic mass is 32.2. The van der Waals surface area contributed by atoms with E-state index in [2.05, 4.69) is 5.32 Å². The van der Waals surface area contributed by atoms with Crippen LogP contribution in [0.4, 0.5) is 0 Å². The lowest BCUT2D eigenvalue weighted by Gasteiger charge is -2.48. The Bertz CT molecular complexity index is 523. The van der Waals surface area contributed by atoms with Crippen molar-refractivity contribution in [3.8, 4) is 0 Å². The fourth-order valence-corrected chi connectivity index (χ4v) is 4.67.